The van der Waals surface area contributed by atoms with Crippen molar-refractivity contribution in [2.45, 2.75) is 57.7 Å². The predicted molar refractivity (Wildman–Crippen MR) is 209 cm³/mol. The number of halogens is 2. The molecule has 0 amide bonds. The average Bonchev–Trinajstić information content (AvgIpc) is 3.61. The second-order valence-electron chi connectivity index (χ2n) is 13.6. The lowest BCUT2D eigenvalue weighted by atomic mass is 9.83. The molecule has 5 nitrogen and oxygen atoms in total. The molecule has 0 unspecified atom stereocenters. The molecule has 0 fully saturated rings. The number of hydrogen-bond acceptors (Lipinski definition) is 3. The minimum absolute atomic E-state index is 0.590. The highest BCUT2D eigenvalue weighted by molar-refractivity contribution is 6.31. The number of hydrogen-bond donors (Lipinski definition) is 1. The molecule has 8 aromatic rings. The van der Waals surface area contributed by atoms with Gasteiger partial charge < -0.3 is 14.9 Å². The molecule has 7 heteroatoms. The van der Waals surface area contributed by atoms with E-state index in [4.69, 9.17) is 38.9 Å². The van der Waals surface area contributed by atoms with Crippen LogP contribution in [0.1, 0.15) is 48.7 Å². The molecule has 0 radical (unpaired) electrons. The summed E-state index contributed by atoms with van der Waals surface area (Å²) >= 11 is 12.9. The molecular weight excluding hydrogens is 657 g/mol. The van der Waals surface area contributed by atoms with Crippen LogP contribution >= 0.6 is 23.2 Å². The molecule has 50 heavy (non-hydrogen) atoms. The molecule has 0 aliphatic carbocycles. The van der Waals surface area contributed by atoms with Gasteiger partial charge in [-0.25, -0.2) is 0 Å². The quantitative estimate of drug-likeness (QED) is 0.146. The van der Waals surface area contributed by atoms with Gasteiger partial charge in [0.1, 0.15) is 0 Å². The number of benzene rings is 4. The number of nitrogens with two attached hydrogens (primary N) is 1. The van der Waals surface area contributed by atoms with Crippen molar-refractivity contribution in [3.63, 3.8) is 0 Å². The van der Waals surface area contributed by atoms with Crippen molar-refractivity contribution >= 4 is 66.8 Å². The van der Waals surface area contributed by atoms with Crippen molar-refractivity contribution in [2.24, 2.45) is 5.73 Å². The number of unbranched alkanes of at least 4 members (excludes halogenated alkanes) is 1. The van der Waals surface area contributed by atoms with Gasteiger partial charge in [0.2, 0.25) is 0 Å². The highest BCUT2D eigenvalue weighted by Gasteiger charge is 2.30. The normalized spacial score (nSPS) is 12.2. The van der Waals surface area contributed by atoms with Gasteiger partial charge in [0.05, 0.1) is 22.4 Å². The van der Waals surface area contributed by atoms with Crippen LogP contribution in [0.25, 0.3) is 43.6 Å². The van der Waals surface area contributed by atoms with E-state index in [0.29, 0.717) is 25.9 Å². The van der Waals surface area contributed by atoms with Crippen molar-refractivity contribution in [2.75, 3.05) is 0 Å². The third kappa shape index (κ3) is 6.15. The summed E-state index contributed by atoms with van der Waals surface area (Å²) in [6.45, 7) is 3.59. The van der Waals surface area contributed by atoms with E-state index in [-0.39, 0.29) is 0 Å². The van der Waals surface area contributed by atoms with Crippen molar-refractivity contribution in [3.8, 4) is 0 Å². The Kier molecular flexibility index (Phi) is 8.82. The van der Waals surface area contributed by atoms with E-state index in [0.717, 1.165) is 62.9 Å². The number of para-hydroxylation sites is 2. The first-order valence-corrected chi connectivity index (χ1v) is 18.1. The Hall–Kier alpha value is -4.68. The molecular formula is C43H39Cl2N5. The highest BCUT2D eigenvalue weighted by atomic mass is 35.5. The van der Waals surface area contributed by atoms with Crippen molar-refractivity contribution in [1.82, 2.24) is 19.1 Å². The fraction of sp³-hybridized carbons (Fsp3) is 0.209. The zero-order valence-corrected chi connectivity index (χ0v) is 29.6. The van der Waals surface area contributed by atoms with E-state index in [1.54, 1.807) is 0 Å². The molecule has 4 aromatic heterocycles. The summed E-state index contributed by atoms with van der Waals surface area (Å²) in [4.78, 5) is 10.1. The van der Waals surface area contributed by atoms with E-state index in [9.17, 15) is 0 Å². The third-order valence-electron chi connectivity index (χ3n) is 10.0. The zero-order chi connectivity index (χ0) is 34.2. The van der Waals surface area contributed by atoms with Crippen molar-refractivity contribution in [1.29, 1.82) is 0 Å². The lowest BCUT2D eigenvalue weighted by Crippen LogP contribution is -2.45. The van der Waals surface area contributed by atoms with Gasteiger partial charge in [-0.2, -0.15) is 0 Å². The molecule has 0 bridgehead atoms. The molecule has 0 aliphatic rings. The van der Waals surface area contributed by atoms with Crippen LogP contribution in [-0.2, 0) is 25.9 Å². The van der Waals surface area contributed by atoms with Gasteiger partial charge in [-0.05, 0) is 66.1 Å². The van der Waals surface area contributed by atoms with Crippen LogP contribution in [0.3, 0.4) is 0 Å². The summed E-state index contributed by atoms with van der Waals surface area (Å²) in [5, 5.41) is 6.26. The summed E-state index contributed by atoms with van der Waals surface area (Å²) < 4.78 is 4.78. The largest absolute Gasteiger partial charge is 0.334 e. The SMILES string of the molecule is CCCCC(N)(Cc1nccc2c3ccccc3n(Cc3cccc(Cl)c3)c12)Cc1nccc2c3ccccc3n(Cc3cccc(Cl)c3)c12. The first-order chi connectivity index (χ1) is 24.4. The fourth-order valence-electron chi connectivity index (χ4n) is 7.80. The summed E-state index contributed by atoms with van der Waals surface area (Å²) in [5.74, 6) is 0. The number of aromatic nitrogens is 4. The Morgan fingerprint density at radius 3 is 1.54 bits per heavy atom. The Morgan fingerprint density at radius 2 is 1.08 bits per heavy atom. The molecule has 2 N–H and O–H groups in total. The first-order valence-electron chi connectivity index (χ1n) is 17.4. The van der Waals surface area contributed by atoms with Crippen LogP contribution in [0.2, 0.25) is 10.0 Å². The van der Waals surface area contributed by atoms with Gasteiger partial charge in [-0.1, -0.05) is 104 Å². The maximum absolute atomic E-state index is 7.63. The van der Waals surface area contributed by atoms with E-state index in [2.05, 4.69) is 88.9 Å². The molecule has 8 rings (SSSR count). The fourth-order valence-corrected chi connectivity index (χ4v) is 8.23. The van der Waals surface area contributed by atoms with Crippen LogP contribution in [0.4, 0.5) is 0 Å². The Balaban J connectivity index is 1.26. The van der Waals surface area contributed by atoms with E-state index in [1.165, 1.54) is 32.6 Å². The Morgan fingerprint density at radius 1 is 0.600 bits per heavy atom. The molecule has 0 spiro atoms. The standard InChI is InChI=1S/C43H39Cl2N5/c1-2-3-20-43(46,25-37-41-35(18-21-47-37)33-14-4-6-16-39(33)49(41)27-29-10-8-12-31(44)23-29)26-38-42-36(19-22-48-38)34-15-5-7-17-40(34)50(42)28-30-11-9-13-32(45)24-30/h4-19,21-24H,2-3,20,25-28,46H2,1H3. The zero-order valence-electron chi connectivity index (χ0n) is 28.1. The maximum atomic E-state index is 7.63. The predicted octanol–water partition coefficient (Wildman–Crippen LogP) is 10.8. The number of fused-ring (bicyclic) bond motifs is 6. The number of nitrogens with zero attached hydrogens (tertiary/aromatic N) is 4. The molecule has 4 heterocycles. The van der Waals surface area contributed by atoms with E-state index >= 15 is 0 Å². The lowest BCUT2D eigenvalue weighted by Gasteiger charge is -2.30. The molecule has 0 saturated heterocycles. The molecule has 0 saturated carbocycles. The van der Waals surface area contributed by atoms with Crippen LogP contribution in [-0.4, -0.2) is 24.6 Å². The minimum Gasteiger partial charge on any atom is -0.334 e. The van der Waals surface area contributed by atoms with Crippen LogP contribution < -0.4 is 5.73 Å². The maximum Gasteiger partial charge on any atom is 0.0714 e. The lowest BCUT2D eigenvalue weighted by molar-refractivity contribution is 0.369. The molecule has 250 valence electrons. The van der Waals surface area contributed by atoms with Crippen LogP contribution in [0.15, 0.2) is 122 Å². The van der Waals surface area contributed by atoms with E-state index in [1.807, 2.05) is 48.8 Å². The number of rotatable bonds is 11. The summed E-state index contributed by atoms with van der Waals surface area (Å²) in [6, 6.07) is 37.7. The topological polar surface area (TPSA) is 61.7 Å². The van der Waals surface area contributed by atoms with Gasteiger partial charge in [-0.15, -0.1) is 0 Å². The second kappa shape index (κ2) is 13.6. The smallest absolute Gasteiger partial charge is 0.0714 e. The summed E-state index contributed by atoms with van der Waals surface area (Å²) in [6.07, 6.45) is 8.03. The van der Waals surface area contributed by atoms with Gasteiger partial charge in [-0.3, -0.25) is 9.97 Å². The second-order valence-corrected chi connectivity index (χ2v) is 14.5. The van der Waals surface area contributed by atoms with Gasteiger partial charge in [0.15, 0.2) is 0 Å². The van der Waals surface area contributed by atoms with Crippen LogP contribution in [0.5, 0.6) is 0 Å². The summed E-state index contributed by atoms with van der Waals surface area (Å²) in [5.41, 5.74) is 15.9. The van der Waals surface area contributed by atoms with Crippen LogP contribution in [0, 0.1) is 0 Å². The Labute approximate surface area is 302 Å². The van der Waals surface area contributed by atoms with Gasteiger partial charge in [0.25, 0.3) is 0 Å². The number of pyridine rings is 2. The molecule has 4 aromatic carbocycles. The monoisotopic (exact) mass is 695 g/mol. The van der Waals surface area contributed by atoms with Crippen molar-refractivity contribution in [3.05, 3.63) is 154 Å². The van der Waals surface area contributed by atoms with Gasteiger partial charge >= 0.3 is 0 Å². The van der Waals surface area contributed by atoms with Gasteiger partial charge in [0, 0.05) is 86.5 Å². The van der Waals surface area contributed by atoms with E-state index < -0.39 is 5.54 Å². The molecule has 0 atom stereocenters. The Bertz CT molecular complexity index is 2330. The average molecular weight is 697 g/mol. The highest BCUT2D eigenvalue weighted by Crippen LogP contribution is 2.36. The third-order valence-corrected chi connectivity index (χ3v) is 10.5. The summed E-state index contributed by atoms with van der Waals surface area (Å²) in [7, 11) is 0. The minimum atomic E-state index is -0.590. The first kappa shape index (κ1) is 32.5. The molecule has 0 aliphatic heterocycles. The van der Waals surface area contributed by atoms with Crippen molar-refractivity contribution < 1.29 is 0 Å².